The second kappa shape index (κ2) is 8.47. The largest absolute Gasteiger partial charge is 0.383 e. The third-order valence-corrected chi connectivity index (χ3v) is 3.31. The first-order valence-corrected chi connectivity index (χ1v) is 6.97. The molecule has 6 heteroatoms. The third-order valence-electron chi connectivity index (χ3n) is 3.31. The van der Waals surface area contributed by atoms with E-state index in [-0.39, 0.29) is 11.9 Å². The Morgan fingerprint density at radius 3 is 2.50 bits per heavy atom. The van der Waals surface area contributed by atoms with E-state index in [1.807, 2.05) is 4.90 Å². The van der Waals surface area contributed by atoms with Crippen molar-refractivity contribution in [3.8, 4) is 0 Å². The molecule has 20 heavy (non-hydrogen) atoms. The number of nitrogens with one attached hydrogen (secondary N) is 1. The van der Waals surface area contributed by atoms with Crippen LogP contribution in [0.1, 0.15) is 37.2 Å². The fraction of sp³-hybridized carbons (Fsp3) is 0.643. The number of nitrogens with zero attached hydrogens (tertiary/aromatic N) is 3. The molecule has 0 bridgehead atoms. The summed E-state index contributed by atoms with van der Waals surface area (Å²) in [5.74, 6) is 0.554. The standard InChI is InChI=1S/C14H24N4O2/c1-5-11(6-2)18(7-8-20-4)14(19)12-9-17-13(15-3)10-16-12/h9-11H,5-8H2,1-4H3,(H,15,17). The van der Waals surface area contributed by atoms with Gasteiger partial charge in [0.15, 0.2) is 0 Å². The fourth-order valence-electron chi connectivity index (χ4n) is 2.08. The fourth-order valence-corrected chi connectivity index (χ4v) is 2.08. The molecule has 1 amide bonds. The topological polar surface area (TPSA) is 67.3 Å². The highest BCUT2D eigenvalue weighted by molar-refractivity contribution is 5.92. The highest BCUT2D eigenvalue weighted by Gasteiger charge is 2.23. The van der Waals surface area contributed by atoms with Gasteiger partial charge in [-0.3, -0.25) is 4.79 Å². The van der Waals surface area contributed by atoms with Crippen molar-refractivity contribution in [1.82, 2.24) is 14.9 Å². The number of hydrogen-bond acceptors (Lipinski definition) is 5. The van der Waals surface area contributed by atoms with Gasteiger partial charge in [-0.25, -0.2) is 9.97 Å². The lowest BCUT2D eigenvalue weighted by atomic mass is 10.1. The number of hydrogen-bond donors (Lipinski definition) is 1. The van der Waals surface area contributed by atoms with E-state index in [0.717, 1.165) is 12.8 Å². The number of carbonyl (C=O) groups excluding carboxylic acids is 1. The van der Waals surface area contributed by atoms with Crippen molar-refractivity contribution in [3.05, 3.63) is 18.1 Å². The molecule has 1 rings (SSSR count). The number of carbonyl (C=O) groups is 1. The van der Waals surface area contributed by atoms with Crippen LogP contribution in [0, 0.1) is 0 Å². The van der Waals surface area contributed by atoms with Crippen molar-refractivity contribution in [2.45, 2.75) is 32.7 Å². The Labute approximate surface area is 120 Å². The average Bonchev–Trinajstić information content (AvgIpc) is 2.51. The van der Waals surface area contributed by atoms with Gasteiger partial charge in [0, 0.05) is 26.7 Å². The first-order valence-electron chi connectivity index (χ1n) is 6.97. The minimum Gasteiger partial charge on any atom is -0.383 e. The summed E-state index contributed by atoms with van der Waals surface area (Å²) >= 11 is 0. The van der Waals surface area contributed by atoms with Gasteiger partial charge in [0.25, 0.3) is 5.91 Å². The summed E-state index contributed by atoms with van der Waals surface area (Å²) in [4.78, 5) is 22.7. The number of methoxy groups -OCH3 is 1. The number of amides is 1. The van der Waals surface area contributed by atoms with Gasteiger partial charge in [-0.05, 0) is 12.8 Å². The van der Waals surface area contributed by atoms with Gasteiger partial charge >= 0.3 is 0 Å². The molecular formula is C14H24N4O2. The van der Waals surface area contributed by atoms with E-state index in [9.17, 15) is 4.79 Å². The van der Waals surface area contributed by atoms with Crippen LogP contribution in [-0.4, -0.2) is 54.1 Å². The first kappa shape index (κ1) is 16.4. The Bertz CT molecular complexity index is 404. The Morgan fingerprint density at radius 1 is 1.35 bits per heavy atom. The summed E-state index contributed by atoms with van der Waals surface area (Å²) in [6, 6.07) is 0.198. The summed E-state index contributed by atoms with van der Waals surface area (Å²) < 4.78 is 5.09. The van der Waals surface area contributed by atoms with E-state index in [0.29, 0.717) is 24.7 Å². The zero-order chi connectivity index (χ0) is 15.0. The molecule has 1 N–H and O–H groups in total. The monoisotopic (exact) mass is 280 g/mol. The van der Waals surface area contributed by atoms with Gasteiger partial charge in [0.1, 0.15) is 11.5 Å². The van der Waals surface area contributed by atoms with E-state index in [4.69, 9.17) is 4.74 Å². The van der Waals surface area contributed by atoms with Crippen molar-refractivity contribution < 1.29 is 9.53 Å². The molecule has 0 aliphatic heterocycles. The number of anilines is 1. The lowest BCUT2D eigenvalue weighted by Crippen LogP contribution is -2.42. The normalized spacial score (nSPS) is 10.7. The molecular weight excluding hydrogens is 256 g/mol. The molecule has 1 aromatic heterocycles. The van der Waals surface area contributed by atoms with E-state index in [2.05, 4.69) is 29.1 Å². The first-order chi connectivity index (χ1) is 9.67. The molecule has 0 saturated heterocycles. The molecule has 1 aromatic rings. The van der Waals surface area contributed by atoms with Gasteiger partial charge < -0.3 is 15.0 Å². The summed E-state index contributed by atoms with van der Waals surface area (Å²) in [6.07, 6.45) is 4.90. The predicted molar refractivity (Wildman–Crippen MR) is 78.9 cm³/mol. The highest BCUT2D eigenvalue weighted by atomic mass is 16.5. The molecule has 0 unspecified atom stereocenters. The maximum atomic E-state index is 12.6. The number of rotatable bonds is 8. The van der Waals surface area contributed by atoms with Crippen molar-refractivity contribution in [2.75, 3.05) is 32.6 Å². The molecule has 0 atom stereocenters. The SMILES string of the molecule is CCC(CC)N(CCOC)C(=O)c1cnc(NC)cn1. The Balaban J connectivity index is 2.89. The lowest BCUT2D eigenvalue weighted by molar-refractivity contribution is 0.0583. The molecule has 0 radical (unpaired) electrons. The molecule has 0 fully saturated rings. The summed E-state index contributed by atoms with van der Waals surface area (Å²) in [7, 11) is 3.40. The van der Waals surface area contributed by atoms with Crippen LogP contribution in [-0.2, 0) is 4.74 Å². The molecule has 0 spiro atoms. The Kier molecular flexibility index (Phi) is 6.93. The van der Waals surface area contributed by atoms with Crippen LogP contribution in [0.2, 0.25) is 0 Å². The maximum Gasteiger partial charge on any atom is 0.274 e. The van der Waals surface area contributed by atoms with Gasteiger partial charge in [-0.1, -0.05) is 13.8 Å². The Hall–Kier alpha value is -1.69. The number of aromatic nitrogens is 2. The minimum absolute atomic E-state index is 0.0918. The molecule has 1 heterocycles. The van der Waals surface area contributed by atoms with Crippen LogP contribution >= 0.6 is 0 Å². The zero-order valence-corrected chi connectivity index (χ0v) is 12.7. The third kappa shape index (κ3) is 4.16. The van der Waals surface area contributed by atoms with E-state index in [1.165, 1.54) is 6.20 Å². The molecule has 0 aliphatic carbocycles. The zero-order valence-electron chi connectivity index (χ0n) is 12.7. The number of ether oxygens (including phenoxy) is 1. The van der Waals surface area contributed by atoms with Crippen LogP contribution in [0.3, 0.4) is 0 Å². The van der Waals surface area contributed by atoms with Crippen LogP contribution in [0.15, 0.2) is 12.4 Å². The minimum atomic E-state index is -0.0918. The predicted octanol–water partition coefficient (Wildman–Crippen LogP) is 1.80. The van der Waals surface area contributed by atoms with Gasteiger partial charge in [0.2, 0.25) is 0 Å². The van der Waals surface area contributed by atoms with Crippen LogP contribution < -0.4 is 5.32 Å². The highest BCUT2D eigenvalue weighted by Crippen LogP contribution is 2.12. The van der Waals surface area contributed by atoms with Crippen LogP contribution in [0.5, 0.6) is 0 Å². The van der Waals surface area contributed by atoms with Gasteiger partial charge in [0.05, 0.1) is 19.0 Å². The van der Waals surface area contributed by atoms with Crippen molar-refractivity contribution in [1.29, 1.82) is 0 Å². The Morgan fingerprint density at radius 2 is 2.05 bits per heavy atom. The van der Waals surface area contributed by atoms with Crippen molar-refractivity contribution in [3.63, 3.8) is 0 Å². The smallest absolute Gasteiger partial charge is 0.274 e. The quantitative estimate of drug-likeness (QED) is 0.786. The van der Waals surface area contributed by atoms with Crippen LogP contribution in [0.25, 0.3) is 0 Å². The van der Waals surface area contributed by atoms with Gasteiger partial charge in [-0.2, -0.15) is 0 Å². The average molecular weight is 280 g/mol. The van der Waals surface area contributed by atoms with E-state index in [1.54, 1.807) is 20.4 Å². The van der Waals surface area contributed by atoms with Gasteiger partial charge in [-0.15, -0.1) is 0 Å². The second-order valence-electron chi connectivity index (χ2n) is 4.50. The summed E-state index contributed by atoms with van der Waals surface area (Å²) in [5, 5.41) is 2.88. The van der Waals surface area contributed by atoms with Crippen LogP contribution in [0.4, 0.5) is 5.82 Å². The second-order valence-corrected chi connectivity index (χ2v) is 4.50. The van der Waals surface area contributed by atoms with E-state index >= 15 is 0 Å². The maximum absolute atomic E-state index is 12.6. The molecule has 6 nitrogen and oxygen atoms in total. The van der Waals surface area contributed by atoms with Crippen molar-refractivity contribution >= 4 is 11.7 Å². The molecule has 0 aliphatic rings. The molecule has 0 aromatic carbocycles. The summed E-state index contributed by atoms with van der Waals surface area (Å²) in [5.41, 5.74) is 0.368. The summed E-state index contributed by atoms with van der Waals surface area (Å²) in [6.45, 7) is 5.25. The lowest BCUT2D eigenvalue weighted by Gasteiger charge is -2.30. The molecule has 112 valence electrons. The van der Waals surface area contributed by atoms with E-state index < -0.39 is 0 Å². The molecule has 0 saturated carbocycles. The van der Waals surface area contributed by atoms with Crippen molar-refractivity contribution in [2.24, 2.45) is 0 Å².